The van der Waals surface area contributed by atoms with E-state index in [0.29, 0.717) is 12.8 Å². The molecule has 6 nitrogen and oxygen atoms in total. The van der Waals surface area contributed by atoms with Gasteiger partial charge in [-0.15, -0.1) is 0 Å². The van der Waals surface area contributed by atoms with Gasteiger partial charge in [0.15, 0.2) is 5.41 Å². The van der Waals surface area contributed by atoms with Crippen LogP contribution in [0.4, 0.5) is 0 Å². The number of hydrogen-bond acceptors (Lipinski definition) is 6. The molecule has 0 amide bonds. The molecule has 0 fully saturated rings. The zero-order valence-corrected chi connectivity index (χ0v) is 13.5. The summed E-state index contributed by atoms with van der Waals surface area (Å²) in [5, 5.41) is 9.58. The topological polar surface area (TPSA) is 93.5 Å². The van der Waals surface area contributed by atoms with Crippen molar-refractivity contribution < 1.29 is 22.1 Å². The predicted molar refractivity (Wildman–Crippen MR) is 81.3 cm³/mol. The molecule has 120 valence electrons. The molecule has 1 aromatic carbocycles. The van der Waals surface area contributed by atoms with Crippen LogP contribution in [-0.4, -0.2) is 20.6 Å². The van der Waals surface area contributed by atoms with E-state index in [9.17, 15) is 18.5 Å². The highest BCUT2D eigenvalue weighted by Gasteiger charge is 2.53. The standard InChI is InChI=1S/C16H15NO5S/c1-10-5-6-16(9-17)13(7-10)12-4-3-11(22-23(2,19)20)8-14(12)21-15(16)18/h3-5,8,13H,6-7H2,1-2H3/t13-,16+/m0/s1. The van der Waals surface area contributed by atoms with Gasteiger partial charge in [0.05, 0.1) is 12.3 Å². The van der Waals surface area contributed by atoms with Crippen LogP contribution in [0.5, 0.6) is 11.5 Å². The fraction of sp³-hybridized carbons (Fsp3) is 0.375. The Bertz CT molecular complexity index is 865. The van der Waals surface area contributed by atoms with Crippen molar-refractivity contribution in [3.8, 4) is 17.6 Å². The maximum absolute atomic E-state index is 12.4. The minimum absolute atomic E-state index is 0.0755. The quantitative estimate of drug-likeness (QED) is 0.357. The number of carbonyl (C=O) groups is 1. The van der Waals surface area contributed by atoms with E-state index in [-0.39, 0.29) is 17.4 Å². The Morgan fingerprint density at radius 3 is 2.83 bits per heavy atom. The number of allylic oxidation sites excluding steroid dienone is 2. The fourth-order valence-electron chi connectivity index (χ4n) is 3.14. The zero-order valence-electron chi connectivity index (χ0n) is 12.7. The van der Waals surface area contributed by atoms with Gasteiger partial charge in [-0.25, -0.2) is 4.79 Å². The summed E-state index contributed by atoms with van der Waals surface area (Å²) in [6, 6.07) is 6.69. The first kappa shape index (κ1) is 15.6. The molecule has 1 heterocycles. The molecule has 0 bridgehead atoms. The minimum atomic E-state index is -3.67. The number of fused-ring (bicyclic) bond motifs is 3. The van der Waals surface area contributed by atoms with Gasteiger partial charge in [0.25, 0.3) is 0 Å². The van der Waals surface area contributed by atoms with Crippen molar-refractivity contribution in [1.82, 2.24) is 0 Å². The number of nitriles is 1. The van der Waals surface area contributed by atoms with Crippen molar-refractivity contribution >= 4 is 16.1 Å². The summed E-state index contributed by atoms with van der Waals surface area (Å²) in [4.78, 5) is 12.4. The van der Waals surface area contributed by atoms with Gasteiger partial charge in [-0.1, -0.05) is 17.7 Å². The number of benzene rings is 1. The number of rotatable bonds is 2. The average molecular weight is 333 g/mol. The normalized spacial score (nSPS) is 26.2. The van der Waals surface area contributed by atoms with Crippen LogP contribution in [0.25, 0.3) is 0 Å². The monoisotopic (exact) mass is 333 g/mol. The fourth-order valence-corrected chi connectivity index (χ4v) is 3.59. The summed E-state index contributed by atoms with van der Waals surface area (Å²) in [5.41, 5.74) is 0.614. The van der Waals surface area contributed by atoms with Crippen LogP contribution in [-0.2, 0) is 14.9 Å². The lowest BCUT2D eigenvalue weighted by atomic mass is 9.64. The maximum Gasteiger partial charge on any atom is 0.332 e. The Labute approximate surface area is 134 Å². The highest BCUT2D eigenvalue weighted by atomic mass is 32.2. The van der Waals surface area contributed by atoms with Crippen molar-refractivity contribution in [2.45, 2.75) is 25.7 Å². The van der Waals surface area contributed by atoms with Gasteiger partial charge < -0.3 is 8.92 Å². The van der Waals surface area contributed by atoms with Crippen molar-refractivity contribution in [2.24, 2.45) is 5.41 Å². The van der Waals surface area contributed by atoms with Crippen LogP contribution < -0.4 is 8.92 Å². The predicted octanol–water partition coefficient (Wildman–Crippen LogP) is 2.28. The third kappa shape index (κ3) is 2.59. The molecule has 0 aromatic heterocycles. The highest BCUT2D eigenvalue weighted by molar-refractivity contribution is 7.86. The van der Waals surface area contributed by atoms with Crippen LogP contribution in [0.1, 0.15) is 31.2 Å². The lowest BCUT2D eigenvalue weighted by molar-refractivity contribution is -0.145. The van der Waals surface area contributed by atoms with Crippen LogP contribution in [0, 0.1) is 16.7 Å². The molecule has 0 N–H and O–H groups in total. The molecule has 0 unspecified atom stereocenters. The van der Waals surface area contributed by atoms with E-state index in [1.54, 1.807) is 6.07 Å². The highest BCUT2D eigenvalue weighted by Crippen LogP contribution is 2.53. The van der Waals surface area contributed by atoms with Gasteiger partial charge in [0, 0.05) is 17.5 Å². The molecular formula is C16H15NO5S. The number of esters is 1. The largest absolute Gasteiger partial charge is 0.425 e. The molecule has 23 heavy (non-hydrogen) atoms. The van der Waals surface area contributed by atoms with Crippen molar-refractivity contribution in [3.63, 3.8) is 0 Å². The number of carbonyl (C=O) groups excluding carboxylic acids is 1. The third-order valence-corrected chi connectivity index (χ3v) is 4.76. The maximum atomic E-state index is 12.4. The summed E-state index contributed by atoms with van der Waals surface area (Å²) in [6.45, 7) is 1.96. The Balaban J connectivity index is 2.09. The summed E-state index contributed by atoms with van der Waals surface area (Å²) in [5.74, 6) is -0.577. The third-order valence-electron chi connectivity index (χ3n) is 4.27. The first-order valence-electron chi connectivity index (χ1n) is 7.08. The second kappa shape index (κ2) is 5.10. The lowest BCUT2D eigenvalue weighted by Gasteiger charge is -2.40. The van der Waals surface area contributed by atoms with E-state index in [1.807, 2.05) is 13.0 Å². The molecule has 0 spiro atoms. The Hall–Kier alpha value is -2.33. The first-order chi connectivity index (χ1) is 10.7. The van der Waals surface area contributed by atoms with Gasteiger partial charge in [0.2, 0.25) is 0 Å². The molecule has 2 aliphatic rings. The Morgan fingerprint density at radius 1 is 1.43 bits per heavy atom. The van der Waals surface area contributed by atoms with Gasteiger partial charge in [-0.3, -0.25) is 0 Å². The number of hydrogen-bond donors (Lipinski definition) is 0. The Kier molecular flexibility index (Phi) is 3.45. The SMILES string of the molecule is CC1=CC[C@]2(C#N)C(=O)Oc3cc(OS(C)(=O)=O)ccc3[C@@H]2C1. The number of ether oxygens (including phenoxy) is 1. The van der Waals surface area contributed by atoms with Gasteiger partial charge in [0.1, 0.15) is 11.5 Å². The molecular weight excluding hydrogens is 318 g/mol. The van der Waals surface area contributed by atoms with Crippen LogP contribution in [0.2, 0.25) is 0 Å². The molecule has 0 radical (unpaired) electrons. The summed E-state index contributed by atoms with van der Waals surface area (Å²) in [6.07, 6.45) is 3.74. The summed E-state index contributed by atoms with van der Waals surface area (Å²) >= 11 is 0. The summed E-state index contributed by atoms with van der Waals surface area (Å²) in [7, 11) is -3.67. The van der Waals surface area contributed by atoms with Crippen molar-refractivity contribution in [2.75, 3.05) is 6.26 Å². The second-order valence-electron chi connectivity index (χ2n) is 5.97. The first-order valence-corrected chi connectivity index (χ1v) is 8.89. The molecule has 1 aromatic rings. The molecule has 3 rings (SSSR count). The molecule has 1 aliphatic carbocycles. The number of nitrogens with zero attached hydrogens (tertiary/aromatic N) is 1. The van der Waals surface area contributed by atoms with E-state index in [4.69, 9.17) is 8.92 Å². The summed E-state index contributed by atoms with van der Waals surface area (Å²) < 4.78 is 32.6. The molecule has 2 atom stereocenters. The molecule has 0 saturated carbocycles. The zero-order chi connectivity index (χ0) is 16.8. The van der Waals surface area contributed by atoms with Crippen LogP contribution in [0.3, 0.4) is 0 Å². The van der Waals surface area contributed by atoms with Gasteiger partial charge in [-0.05, 0) is 25.8 Å². The van der Waals surface area contributed by atoms with Gasteiger partial charge >= 0.3 is 16.1 Å². The van der Waals surface area contributed by atoms with Crippen molar-refractivity contribution in [3.05, 3.63) is 35.4 Å². The molecule has 7 heteroatoms. The van der Waals surface area contributed by atoms with E-state index in [2.05, 4.69) is 6.07 Å². The minimum Gasteiger partial charge on any atom is -0.425 e. The second-order valence-corrected chi connectivity index (χ2v) is 7.55. The molecule has 0 saturated heterocycles. The van der Waals surface area contributed by atoms with Crippen LogP contribution in [0.15, 0.2) is 29.8 Å². The van der Waals surface area contributed by atoms with E-state index in [0.717, 1.165) is 17.4 Å². The average Bonchev–Trinajstić information content (AvgIpc) is 2.45. The smallest absolute Gasteiger partial charge is 0.332 e. The van der Waals surface area contributed by atoms with Crippen LogP contribution >= 0.6 is 0 Å². The van der Waals surface area contributed by atoms with E-state index in [1.165, 1.54) is 12.1 Å². The van der Waals surface area contributed by atoms with E-state index < -0.39 is 21.5 Å². The Morgan fingerprint density at radius 2 is 2.17 bits per heavy atom. The van der Waals surface area contributed by atoms with Crippen molar-refractivity contribution in [1.29, 1.82) is 5.26 Å². The van der Waals surface area contributed by atoms with Gasteiger partial charge in [-0.2, -0.15) is 13.7 Å². The van der Waals surface area contributed by atoms with E-state index >= 15 is 0 Å². The molecule has 1 aliphatic heterocycles. The lowest BCUT2D eigenvalue weighted by Crippen LogP contribution is -2.44.